The molecular weight excluding hydrogens is 432 g/mol. The number of aromatic hydroxyl groups is 1. The lowest BCUT2D eigenvalue weighted by Gasteiger charge is -2.22. The standard InChI is InChI=1S/C19H18N2O7S2/c20-13-5-1-11(2-6-13)19(12-3-7-14(21)8-4-12)15-9-16(22)18(30(26,27)28)10-17(15)29(23,24)25/h1-10,19,22H,20-21H2,(H,23,24,25)(H,26,27,28). The molecule has 0 amide bonds. The molecule has 0 aliphatic rings. The molecule has 3 rings (SSSR count). The zero-order chi connectivity index (χ0) is 22.3. The lowest BCUT2D eigenvalue weighted by molar-refractivity contribution is 0.440. The summed E-state index contributed by atoms with van der Waals surface area (Å²) in [5, 5.41) is 10.2. The van der Waals surface area contributed by atoms with E-state index in [1.165, 1.54) is 0 Å². The largest absolute Gasteiger partial charge is 0.506 e. The highest BCUT2D eigenvalue weighted by molar-refractivity contribution is 7.86. The normalized spacial score (nSPS) is 12.2. The van der Waals surface area contributed by atoms with Crippen molar-refractivity contribution >= 4 is 31.6 Å². The van der Waals surface area contributed by atoms with Crippen LogP contribution in [-0.4, -0.2) is 31.0 Å². The fourth-order valence-corrected chi connectivity index (χ4v) is 4.56. The van der Waals surface area contributed by atoms with Crippen LogP contribution in [0.5, 0.6) is 5.75 Å². The van der Waals surface area contributed by atoms with E-state index >= 15 is 0 Å². The molecule has 158 valence electrons. The van der Waals surface area contributed by atoms with Crippen molar-refractivity contribution in [1.29, 1.82) is 0 Å². The molecule has 0 aliphatic carbocycles. The second-order valence-electron chi connectivity index (χ2n) is 6.57. The maximum Gasteiger partial charge on any atom is 0.298 e. The summed E-state index contributed by atoms with van der Waals surface area (Å²) < 4.78 is 66.2. The van der Waals surface area contributed by atoms with E-state index in [4.69, 9.17) is 11.5 Å². The van der Waals surface area contributed by atoms with Gasteiger partial charge in [-0.1, -0.05) is 24.3 Å². The molecule has 0 atom stereocenters. The van der Waals surface area contributed by atoms with Crippen LogP contribution in [0.15, 0.2) is 70.5 Å². The third-order valence-corrected chi connectivity index (χ3v) is 6.29. The fourth-order valence-electron chi connectivity index (χ4n) is 3.15. The lowest BCUT2D eigenvalue weighted by Crippen LogP contribution is -2.12. The summed E-state index contributed by atoms with van der Waals surface area (Å²) in [6, 6.07) is 14.2. The van der Waals surface area contributed by atoms with Crippen LogP contribution >= 0.6 is 0 Å². The number of phenols is 1. The van der Waals surface area contributed by atoms with Crippen LogP contribution in [0, 0.1) is 0 Å². The molecule has 0 spiro atoms. The SMILES string of the molecule is Nc1ccc(C(c2ccc(N)cc2)c2cc(O)c(S(=O)(=O)O)cc2S(=O)(=O)O)cc1. The Hall–Kier alpha value is -3.12. The number of hydrogen-bond acceptors (Lipinski definition) is 7. The van der Waals surface area contributed by atoms with Crippen molar-refractivity contribution in [2.45, 2.75) is 15.7 Å². The van der Waals surface area contributed by atoms with Gasteiger partial charge in [0.25, 0.3) is 20.2 Å². The third-order valence-electron chi connectivity index (χ3n) is 4.50. The monoisotopic (exact) mass is 450 g/mol. The Morgan fingerprint density at radius 1 is 0.667 bits per heavy atom. The van der Waals surface area contributed by atoms with Gasteiger partial charge in [0, 0.05) is 17.3 Å². The number of hydrogen-bond donors (Lipinski definition) is 5. The molecule has 0 heterocycles. The van der Waals surface area contributed by atoms with E-state index in [1.807, 2.05) is 0 Å². The van der Waals surface area contributed by atoms with Gasteiger partial charge >= 0.3 is 0 Å². The van der Waals surface area contributed by atoms with E-state index in [-0.39, 0.29) is 5.56 Å². The number of phenolic OH excluding ortho intramolecular Hbond substituents is 1. The molecule has 0 saturated heterocycles. The van der Waals surface area contributed by atoms with Crippen molar-refractivity contribution in [2.75, 3.05) is 11.5 Å². The molecule has 3 aromatic rings. The highest BCUT2D eigenvalue weighted by atomic mass is 32.2. The number of rotatable bonds is 5. The molecule has 0 aliphatic heterocycles. The Morgan fingerprint density at radius 3 is 1.43 bits per heavy atom. The van der Waals surface area contributed by atoms with Crippen LogP contribution in [0.25, 0.3) is 0 Å². The minimum Gasteiger partial charge on any atom is -0.506 e. The van der Waals surface area contributed by atoms with Crippen LogP contribution in [0.1, 0.15) is 22.6 Å². The molecule has 0 saturated carbocycles. The summed E-state index contributed by atoms with van der Waals surface area (Å²) in [5.74, 6) is -1.74. The first-order valence-electron chi connectivity index (χ1n) is 8.40. The third kappa shape index (κ3) is 4.39. The van der Waals surface area contributed by atoms with E-state index in [1.54, 1.807) is 48.5 Å². The number of benzene rings is 3. The molecule has 30 heavy (non-hydrogen) atoms. The maximum atomic E-state index is 12.1. The smallest absolute Gasteiger partial charge is 0.298 e. The van der Waals surface area contributed by atoms with E-state index in [0.29, 0.717) is 28.6 Å². The molecule has 0 fully saturated rings. The topological polar surface area (TPSA) is 181 Å². The first-order valence-corrected chi connectivity index (χ1v) is 11.3. The van der Waals surface area contributed by atoms with E-state index in [0.717, 1.165) is 6.07 Å². The van der Waals surface area contributed by atoms with Crippen molar-refractivity contribution in [2.24, 2.45) is 0 Å². The average molecular weight is 450 g/mol. The number of nitrogens with two attached hydrogens (primary N) is 2. The van der Waals surface area contributed by atoms with E-state index in [2.05, 4.69) is 0 Å². The van der Waals surface area contributed by atoms with Crippen molar-refractivity contribution in [1.82, 2.24) is 0 Å². The van der Waals surface area contributed by atoms with Gasteiger partial charge in [-0.2, -0.15) is 16.8 Å². The Kier molecular flexibility index (Phi) is 5.48. The van der Waals surface area contributed by atoms with Gasteiger partial charge in [-0.3, -0.25) is 9.11 Å². The Balaban J connectivity index is 2.39. The number of anilines is 2. The average Bonchev–Trinajstić information content (AvgIpc) is 2.63. The molecule has 0 unspecified atom stereocenters. The fraction of sp³-hybridized carbons (Fsp3) is 0.0526. The predicted octanol–water partition coefficient (Wildman–Crippen LogP) is 2.23. The highest BCUT2D eigenvalue weighted by Crippen LogP contribution is 2.40. The summed E-state index contributed by atoms with van der Waals surface area (Å²) in [7, 11) is -9.90. The van der Waals surface area contributed by atoms with Crippen LogP contribution in [0.4, 0.5) is 11.4 Å². The number of nitrogen functional groups attached to an aromatic ring is 2. The van der Waals surface area contributed by atoms with Crippen LogP contribution in [0.3, 0.4) is 0 Å². The Labute approximate surface area is 173 Å². The summed E-state index contributed by atoms with van der Waals surface area (Å²) in [6.07, 6.45) is 0. The summed E-state index contributed by atoms with van der Waals surface area (Å²) in [5.41, 5.74) is 13.3. The zero-order valence-electron chi connectivity index (χ0n) is 15.3. The van der Waals surface area contributed by atoms with Crippen LogP contribution < -0.4 is 11.5 Å². The highest BCUT2D eigenvalue weighted by Gasteiger charge is 2.29. The van der Waals surface area contributed by atoms with Crippen LogP contribution in [0.2, 0.25) is 0 Å². The lowest BCUT2D eigenvalue weighted by atomic mass is 9.85. The molecule has 9 nitrogen and oxygen atoms in total. The van der Waals surface area contributed by atoms with Gasteiger partial charge in [0.05, 0.1) is 4.90 Å². The van der Waals surface area contributed by atoms with Gasteiger partial charge in [0.2, 0.25) is 0 Å². The van der Waals surface area contributed by atoms with Crippen molar-refractivity contribution in [3.63, 3.8) is 0 Å². The summed E-state index contributed by atoms with van der Waals surface area (Å²) in [4.78, 5) is -1.83. The van der Waals surface area contributed by atoms with Gasteiger partial charge in [-0.25, -0.2) is 0 Å². The second-order valence-corrected chi connectivity index (χ2v) is 9.35. The molecule has 7 N–H and O–H groups in total. The molecule has 11 heteroatoms. The van der Waals surface area contributed by atoms with Gasteiger partial charge in [0.1, 0.15) is 10.6 Å². The maximum absolute atomic E-state index is 12.1. The van der Waals surface area contributed by atoms with E-state index in [9.17, 15) is 31.0 Å². The Bertz CT molecular complexity index is 1260. The quantitative estimate of drug-likeness (QED) is 0.221. The Morgan fingerprint density at radius 2 is 1.07 bits per heavy atom. The van der Waals surface area contributed by atoms with Gasteiger partial charge < -0.3 is 16.6 Å². The summed E-state index contributed by atoms with van der Waals surface area (Å²) >= 11 is 0. The van der Waals surface area contributed by atoms with Crippen molar-refractivity contribution < 1.29 is 31.0 Å². The molecule has 0 bridgehead atoms. The first-order chi connectivity index (χ1) is 13.9. The van der Waals surface area contributed by atoms with Gasteiger partial charge in [0.15, 0.2) is 0 Å². The minimum atomic E-state index is -4.96. The van der Waals surface area contributed by atoms with Gasteiger partial charge in [-0.05, 0) is 53.1 Å². The van der Waals surface area contributed by atoms with Crippen molar-refractivity contribution in [3.05, 3.63) is 77.4 Å². The summed E-state index contributed by atoms with van der Waals surface area (Å²) in [6.45, 7) is 0. The second kappa shape index (κ2) is 7.61. The molecule has 0 aromatic heterocycles. The first kappa shape index (κ1) is 21.6. The van der Waals surface area contributed by atoms with Crippen molar-refractivity contribution in [3.8, 4) is 5.75 Å². The molecule has 0 radical (unpaired) electrons. The minimum absolute atomic E-state index is 0.114. The van der Waals surface area contributed by atoms with Gasteiger partial charge in [-0.15, -0.1) is 0 Å². The zero-order valence-corrected chi connectivity index (χ0v) is 16.9. The van der Waals surface area contributed by atoms with Crippen LogP contribution in [-0.2, 0) is 20.2 Å². The molecular formula is C19H18N2O7S2. The molecule has 3 aromatic carbocycles. The predicted molar refractivity (Wildman–Crippen MR) is 110 cm³/mol. The van der Waals surface area contributed by atoms with E-state index < -0.39 is 41.7 Å².